The maximum Gasteiger partial charge on any atom is 0.363 e. The second kappa shape index (κ2) is 7.60. The highest BCUT2D eigenvalue weighted by atomic mass is 16.8. The molecule has 3 atom stereocenters. The number of carbonyl (C=O) groups excluding carboxylic acids is 2. The standard InChI is InChI=1S/C24H26N2O5/c1-23(2)20-13-14-24(23,3)21(27)19(20)15-25(17-7-5-4-6-8-17)31-22(28)16-9-11-18(12-10-16)26(29)30/h4-12,15,20,26,29H,13-14H2,1-3H3/t20-,24+/m1/s1. The average Bonchev–Trinajstić information content (AvgIpc) is 3.07. The number of quaternary nitrogens is 1. The van der Waals surface area contributed by atoms with Gasteiger partial charge < -0.3 is 10.0 Å². The Balaban J connectivity index is 1.66. The molecule has 0 radical (unpaired) electrons. The molecule has 7 nitrogen and oxygen atoms in total. The largest absolute Gasteiger partial charge is 0.595 e. The number of rotatable bonds is 5. The molecule has 0 amide bonds. The molecule has 0 heterocycles. The van der Waals surface area contributed by atoms with Gasteiger partial charge in [0.05, 0.1) is 17.5 Å². The molecule has 2 aromatic carbocycles. The van der Waals surface area contributed by atoms with E-state index in [1.807, 2.05) is 25.1 Å². The maximum absolute atomic E-state index is 13.2. The molecule has 0 aliphatic heterocycles. The van der Waals surface area contributed by atoms with Crippen LogP contribution in [0.15, 0.2) is 66.4 Å². The number of anilines is 1. The molecule has 0 spiro atoms. The van der Waals surface area contributed by atoms with Crippen LogP contribution in [-0.2, 0) is 9.63 Å². The van der Waals surface area contributed by atoms with Crippen LogP contribution in [0.4, 0.5) is 11.4 Å². The number of para-hydroxylation sites is 1. The van der Waals surface area contributed by atoms with E-state index in [0.29, 0.717) is 11.3 Å². The van der Waals surface area contributed by atoms with Gasteiger partial charge in [-0.15, -0.1) is 0 Å². The monoisotopic (exact) mass is 422 g/mol. The summed E-state index contributed by atoms with van der Waals surface area (Å²) in [6.45, 7) is 6.29. The van der Waals surface area contributed by atoms with E-state index < -0.39 is 16.6 Å². The minimum atomic E-state index is -1.07. The molecule has 31 heavy (non-hydrogen) atoms. The number of hydroxylamine groups is 1. The molecule has 2 saturated carbocycles. The van der Waals surface area contributed by atoms with Gasteiger partial charge in [-0.3, -0.25) is 4.79 Å². The zero-order valence-electron chi connectivity index (χ0n) is 17.8. The van der Waals surface area contributed by atoms with Crippen LogP contribution in [0, 0.1) is 22.0 Å². The first-order valence-corrected chi connectivity index (χ1v) is 10.3. The van der Waals surface area contributed by atoms with Crippen molar-refractivity contribution in [3.05, 3.63) is 77.1 Å². The number of carbonyl (C=O) groups is 2. The number of ketones is 1. The molecule has 0 saturated heterocycles. The Morgan fingerprint density at radius 1 is 1.16 bits per heavy atom. The molecule has 0 aromatic heterocycles. The molecule has 2 bridgehead atoms. The van der Waals surface area contributed by atoms with Gasteiger partial charge in [-0.25, -0.2) is 10.0 Å². The normalized spacial score (nSPS) is 26.2. The fourth-order valence-corrected chi connectivity index (χ4v) is 4.82. The summed E-state index contributed by atoms with van der Waals surface area (Å²) in [5.74, 6) is -0.431. The quantitative estimate of drug-likeness (QED) is 0.565. The molecule has 7 heteroatoms. The molecule has 2 aliphatic carbocycles. The summed E-state index contributed by atoms with van der Waals surface area (Å²) >= 11 is 0. The highest BCUT2D eigenvalue weighted by molar-refractivity contribution is 6.05. The first kappa shape index (κ1) is 21.2. The van der Waals surface area contributed by atoms with Crippen LogP contribution in [0.5, 0.6) is 0 Å². The average molecular weight is 422 g/mol. The number of fused-ring (bicyclic) bond motifs is 2. The third-order valence-corrected chi connectivity index (χ3v) is 7.18. The van der Waals surface area contributed by atoms with Gasteiger partial charge in [0.2, 0.25) is 0 Å². The van der Waals surface area contributed by atoms with Crippen molar-refractivity contribution in [2.45, 2.75) is 33.6 Å². The Bertz CT molecular complexity index is 1030. The highest BCUT2D eigenvalue weighted by Crippen LogP contribution is 2.65. The Morgan fingerprint density at radius 3 is 2.35 bits per heavy atom. The van der Waals surface area contributed by atoms with Crippen molar-refractivity contribution < 1.29 is 24.9 Å². The summed E-state index contributed by atoms with van der Waals surface area (Å²) in [4.78, 5) is 31.7. The summed E-state index contributed by atoms with van der Waals surface area (Å²) in [7, 11) is 0. The van der Waals surface area contributed by atoms with Gasteiger partial charge in [0.25, 0.3) is 0 Å². The summed E-state index contributed by atoms with van der Waals surface area (Å²) in [5.41, 5.74) is 1.02. The molecular weight excluding hydrogens is 396 g/mol. The lowest BCUT2D eigenvalue weighted by Crippen LogP contribution is -2.99. The minimum absolute atomic E-state index is 0.0848. The first-order valence-electron chi connectivity index (χ1n) is 10.3. The van der Waals surface area contributed by atoms with Gasteiger partial charge in [-0.05, 0) is 48.4 Å². The van der Waals surface area contributed by atoms with Gasteiger partial charge in [0, 0.05) is 23.1 Å². The zero-order chi connectivity index (χ0) is 22.4. The minimum Gasteiger partial charge on any atom is -0.595 e. The number of benzene rings is 2. The lowest BCUT2D eigenvalue weighted by molar-refractivity contribution is -0.991. The van der Waals surface area contributed by atoms with Crippen LogP contribution >= 0.6 is 0 Å². The number of hydrogen-bond donors (Lipinski definition) is 2. The predicted octanol–water partition coefficient (Wildman–Crippen LogP) is 3.58. The second-order valence-electron chi connectivity index (χ2n) is 8.98. The molecule has 2 aliphatic rings. The van der Waals surface area contributed by atoms with E-state index in [0.717, 1.165) is 12.8 Å². The van der Waals surface area contributed by atoms with E-state index in [-0.39, 0.29) is 28.4 Å². The van der Waals surface area contributed by atoms with Crippen LogP contribution in [0.2, 0.25) is 0 Å². The Labute approximate surface area is 181 Å². The van der Waals surface area contributed by atoms with Gasteiger partial charge in [0.1, 0.15) is 0 Å². The Hall–Kier alpha value is -3.00. The van der Waals surface area contributed by atoms with E-state index in [2.05, 4.69) is 13.8 Å². The maximum atomic E-state index is 13.2. The zero-order valence-corrected chi connectivity index (χ0v) is 17.8. The van der Waals surface area contributed by atoms with Gasteiger partial charge >= 0.3 is 5.97 Å². The van der Waals surface area contributed by atoms with Crippen LogP contribution in [0.25, 0.3) is 0 Å². The summed E-state index contributed by atoms with van der Waals surface area (Å²) in [5, 5.41) is 20.4. The molecule has 4 rings (SSSR count). The van der Waals surface area contributed by atoms with Crippen LogP contribution in [-0.4, -0.2) is 17.0 Å². The topological polar surface area (TPSA) is 94.3 Å². The third-order valence-electron chi connectivity index (χ3n) is 7.18. The summed E-state index contributed by atoms with van der Waals surface area (Å²) in [6, 6.07) is 14.6. The third kappa shape index (κ3) is 3.44. The molecular formula is C24H26N2O5. The van der Waals surface area contributed by atoms with E-state index in [1.54, 1.807) is 18.3 Å². The van der Waals surface area contributed by atoms with Crippen molar-refractivity contribution >= 4 is 23.1 Å². The van der Waals surface area contributed by atoms with E-state index in [4.69, 9.17) is 10.0 Å². The van der Waals surface area contributed by atoms with E-state index >= 15 is 0 Å². The predicted molar refractivity (Wildman–Crippen MR) is 114 cm³/mol. The molecule has 2 fully saturated rings. The Morgan fingerprint density at radius 2 is 1.81 bits per heavy atom. The molecule has 162 valence electrons. The van der Waals surface area contributed by atoms with Gasteiger partial charge in [-0.1, -0.05) is 39.0 Å². The fraction of sp³-hybridized carbons (Fsp3) is 0.333. The Kier molecular flexibility index (Phi) is 5.21. The number of allylic oxidation sites excluding steroid dienone is 1. The molecule has 1 unspecified atom stereocenters. The lowest BCUT2D eigenvalue weighted by atomic mass is 9.70. The van der Waals surface area contributed by atoms with Crippen molar-refractivity contribution in [2.24, 2.45) is 16.7 Å². The van der Waals surface area contributed by atoms with Crippen LogP contribution in [0.3, 0.4) is 0 Å². The smallest absolute Gasteiger partial charge is 0.363 e. The lowest BCUT2D eigenvalue weighted by Gasteiger charge is -2.31. The van der Waals surface area contributed by atoms with Crippen LogP contribution in [0.1, 0.15) is 44.0 Å². The van der Waals surface area contributed by atoms with Crippen molar-refractivity contribution in [3.8, 4) is 0 Å². The van der Waals surface area contributed by atoms with Gasteiger partial charge in [0.15, 0.2) is 11.5 Å². The number of Topliss-reactive ketones (excluding diaryl/α,β-unsaturated/α-hetero) is 1. The van der Waals surface area contributed by atoms with E-state index in [9.17, 15) is 14.8 Å². The first-order chi connectivity index (χ1) is 14.6. The number of nitrogens with zero attached hydrogens (tertiary/aromatic N) is 1. The molecule has 2 aromatic rings. The van der Waals surface area contributed by atoms with Crippen molar-refractivity contribution in [1.29, 1.82) is 0 Å². The SMILES string of the molecule is CC1(C)[C@@H]2CC[C@@]1(C)C(=O)C2=CN(OC(=O)c1ccc([NH+]([O-])O)cc1)c1ccccc1. The van der Waals surface area contributed by atoms with Crippen molar-refractivity contribution in [1.82, 2.24) is 0 Å². The molecule has 2 N–H and O–H groups in total. The summed E-state index contributed by atoms with van der Waals surface area (Å²) < 4.78 is 0. The van der Waals surface area contributed by atoms with Crippen molar-refractivity contribution in [2.75, 3.05) is 5.06 Å². The van der Waals surface area contributed by atoms with Gasteiger partial charge in [-0.2, -0.15) is 10.3 Å². The number of nitrogens with one attached hydrogen (secondary N) is 1. The highest BCUT2D eigenvalue weighted by Gasteiger charge is 2.64. The fourth-order valence-electron chi connectivity index (χ4n) is 4.82. The van der Waals surface area contributed by atoms with E-state index in [1.165, 1.54) is 29.3 Å². The second-order valence-corrected chi connectivity index (χ2v) is 8.98. The van der Waals surface area contributed by atoms with Crippen molar-refractivity contribution in [3.63, 3.8) is 0 Å². The van der Waals surface area contributed by atoms with Crippen LogP contribution < -0.4 is 10.3 Å². The summed E-state index contributed by atoms with van der Waals surface area (Å²) in [6.07, 6.45) is 3.44. The number of hydrogen-bond acceptors (Lipinski definition) is 6.